The van der Waals surface area contributed by atoms with Gasteiger partial charge >= 0.3 is 12.3 Å². The maximum atomic E-state index is 13.0. The van der Waals surface area contributed by atoms with E-state index in [1.54, 1.807) is 6.07 Å². The monoisotopic (exact) mass is 435 g/mol. The second kappa shape index (κ2) is 7.60. The normalized spacial score (nSPS) is 20.4. The van der Waals surface area contributed by atoms with Crippen molar-refractivity contribution < 1.29 is 41.8 Å². The molecule has 162 valence electrons. The average Bonchev–Trinajstić information content (AvgIpc) is 3.04. The summed E-state index contributed by atoms with van der Waals surface area (Å²) in [6, 6.07) is 7.35. The Morgan fingerprint density at radius 3 is 2.58 bits per heavy atom. The lowest BCUT2D eigenvalue weighted by Crippen LogP contribution is -2.32. The van der Waals surface area contributed by atoms with E-state index in [0.717, 1.165) is 25.1 Å². The van der Waals surface area contributed by atoms with Crippen LogP contribution in [0, 0.1) is 0 Å². The summed E-state index contributed by atoms with van der Waals surface area (Å²) in [5.41, 5.74) is -0.528. The number of cyclic esters (lactones) is 1. The van der Waals surface area contributed by atoms with Gasteiger partial charge < -0.3 is 14.2 Å². The molecule has 0 aromatic heterocycles. The molecule has 1 N–H and O–H groups in total. The largest absolute Gasteiger partial charge is 0.493 e. The third kappa shape index (κ3) is 4.05. The maximum absolute atomic E-state index is 13.0. The molecular weight excluding hydrogens is 419 g/mol. The van der Waals surface area contributed by atoms with Crippen LogP contribution in [-0.2, 0) is 15.7 Å². The summed E-state index contributed by atoms with van der Waals surface area (Å²) in [6.45, 7) is 1.41. The molecule has 1 fully saturated rings. The first-order valence-electron chi connectivity index (χ1n) is 9.32. The summed E-state index contributed by atoms with van der Waals surface area (Å²) in [4.78, 5) is 35.2. The van der Waals surface area contributed by atoms with E-state index < -0.39 is 41.5 Å². The number of alkyl carbamates (subject to hydrolysis) is 1. The maximum Gasteiger partial charge on any atom is 0.416 e. The highest BCUT2D eigenvalue weighted by Gasteiger charge is 2.41. The van der Waals surface area contributed by atoms with Gasteiger partial charge in [0.15, 0.2) is 11.9 Å². The number of rotatable bonds is 4. The van der Waals surface area contributed by atoms with E-state index in [9.17, 15) is 27.6 Å². The second-order valence-corrected chi connectivity index (χ2v) is 7.13. The van der Waals surface area contributed by atoms with Gasteiger partial charge in [-0.2, -0.15) is 13.2 Å². The molecule has 0 bridgehead atoms. The molecule has 2 heterocycles. The molecule has 2 aromatic carbocycles. The van der Waals surface area contributed by atoms with Gasteiger partial charge in [0.05, 0.1) is 17.7 Å². The molecule has 2 aliphatic heterocycles. The predicted molar refractivity (Wildman–Crippen MR) is 99.2 cm³/mol. The molecule has 4 rings (SSSR count). The zero-order valence-corrected chi connectivity index (χ0v) is 16.1. The lowest BCUT2D eigenvalue weighted by atomic mass is 9.88. The van der Waals surface area contributed by atoms with Crippen molar-refractivity contribution in [2.24, 2.45) is 0 Å². The van der Waals surface area contributed by atoms with Gasteiger partial charge in [0.2, 0.25) is 0 Å². The highest BCUT2D eigenvalue weighted by atomic mass is 19.4. The topological polar surface area (TPSA) is 90.9 Å². The molecule has 0 aliphatic carbocycles. The molecule has 2 atom stereocenters. The van der Waals surface area contributed by atoms with Crippen LogP contribution in [-0.4, -0.2) is 30.5 Å². The molecule has 0 radical (unpaired) electrons. The number of hydrogen-bond donors (Lipinski definition) is 1. The summed E-state index contributed by atoms with van der Waals surface area (Å²) in [7, 11) is 0. The molecule has 2 aliphatic rings. The van der Waals surface area contributed by atoms with Crippen molar-refractivity contribution >= 4 is 17.8 Å². The van der Waals surface area contributed by atoms with Crippen molar-refractivity contribution in [1.82, 2.24) is 5.32 Å². The standard InChI is InChI=1S/C21H16F3NO6/c1-10(26)15-8-11(21(22,23)24)2-5-16(15)30-12-3-4-13-14(6-7-29-17(13)9-12)18-19(27)25-20(28)31-18/h2-5,8-9,14,18H,6-7H2,1H3,(H,25,27,28)/t14-,18?/m1/s1. The Morgan fingerprint density at radius 1 is 1.16 bits per heavy atom. The Balaban J connectivity index is 1.62. The summed E-state index contributed by atoms with van der Waals surface area (Å²) in [5, 5.41) is 2.09. The van der Waals surface area contributed by atoms with Crippen molar-refractivity contribution in [3.05, 3.63) is 53.1 Å². The number of carbonyl (C=O) groups excluding carboxylic acids is 3. The lowest BCUT2D eigenvalue weighted by Gasteiger charge is -2.28. The number of ether oxygens (including phenoxy) is 3. The molecule has 7 nitrogen and oxygen atoms in total. The number of imide groups is 1. The number of fused-ring (bicyclic) bond motifs is 1. The van der Waals surface area contributed by atoms with Gasteiger partial charge in [-0.05, 0) is 37.6 Å². The smallest absolute Gasteiger partial charge is 0.416 e. The molecule has 1 unspecified atom stereocenters. The summed E-state index contributed by atoms with van der Waals surface area (Å²) < 4.78 is 55.3. The minimum Gasteiger partial charge on any atom is -0.493 e. The second-order valence-electron chi connectivity index (χ2n) is 7.13. The molecule has 2 aromatic rings. The Kier molecular flexibility index (Phi) is 5.08. The first-order valence-corrected chi connectivity index (χ1v) is 9.32. The van der Waals surface area contributed by atoms with Gasteiger partial charge in [0.25, 0.3) is 5.91 Å². The quantitative estimate of drug-likeness (QED) is 0.724. The Hall–Kier alpha value is -3.56. The Labute approximate surface area is 174 Å². The van der Waals surface area contributed by atoms with E-state index in [1.165, 1.54) is 12.1 Å². The van der Waals surface area contributed by atoms with Crippen LogP contribution >= 0.6 is 0 Å². The summed E-state index contributed by atoms with van der Waals surface area (Å²) >= 11 is 0. The van der Waals surface area contributed by atoms with Gasteiger partial charge in [-0.3, -0.25) is 14.9 Å². The third-order valence-corrected chi connectivity index (χ3v) is 5.07. The van der Waals surface area contributed by atoms with Crippen LogP contribution in [0.25, 0.3) is 0 Å². The minimum absolute atomic E-state index is 0.0306. The van der Waals surface area contributed by atoms with Crippen molar-refractivity contribution in [2.75, 3.05) is 6.61 Å². The van der Waals surface area contributed by atoms with Crippen molar-refractivity contribution in [3.8, 4) is 17.2 Å². The predicted octanol–water partition coefficient (Wildman–Crippen LogP) is 4.20. The van der Waals surface area contributed by atoms with Gasteiger partial charge in [0, 0.05) is 17.5 Å². The van der Waals surface area contributed by atoms with Crippen LogP contribution in [0.4, 0.5) is 18.0 Å². The molecule has 2 amide bonds. The Morgan fingerprint density at radius 2 is 1.94 bits per heavy atom. The first-order chi connectivity index (χ1) is 14.6. The highest BCUT2D eigenvalue weighted by Crippen LogP contribution is 2.41. The third-order valence-electron chi connectivity index (χ3n) is 5.07. The molecule has 31 heavy (non-hydrogen) atoms. The van der Waals surface area contributed by atoms with Crippen LogP contribution in [0.3, 0.4) is 0 Å². The number of amides is 2. The SMILES string of the molecule is CC(=O)c1cc(C(F)(F)F)ccc1Oc1ccc2c(c1)OCC[C@H]2C1OC(=O)NC1=O. The molecular formula is C21H16F3NO6. The van der Waals surface area contributed by atoms with Crippen LogP contribution in [0.5, 0.6) is 17.2 Å². The lowest BCUT2D eigenvalue weighted by molar-refractivity contribution is -0.137. The number of nitrogens with one attached hydrogen (secondary N) is 1. The average molecular weight is 435 g/mol. The number of Topliss-reactive ketones (excluding diaryl/α,β-unsaturated/α-hetero) is 1. The fourth-order valence-corrected chi connectivity index (χ4v) is 3.61. The molecule has 1 saturated heterocycles. The molecule has 0 spiro atoms. The van der Waals surface area contributed by atoms with E-state index in [1.807, 2.05) is 0 Å². The van der Waals surface area contributed by atoms with Crippen molar-refractivity contribution in [2.45, 2.75) is 31.5 Å². The van der Waals surface area contributed by atoms with Gasteiger partial charge in [-0.15, -0.1) is 0 Å². The van der Waals surface area contributed by atoms with Gasteiger partial charge in [0.1, 0.15) is 17.2 Å². The number of halogens is 3. The molecule has 0 saturated carbocycles. The van der Waals surface area contributed by atoms with Crippen LogP contribution in [0.2, 0.25) is 0 Å². The van der Waals surface area contributed by atoms with E-state index in [-0.39, 0.29) is 23.7 Å². The molecule has 10 heteroatoms. The number of carbonyl (C=O) groups is 3. The van der Waals surface area contributed by atoms with Crippen LogP contribution in [0.15, 0.2) is 36.4 Å². The van der Waals surface area contributed by atoms with E-state index in [2.05, 4.69) is 5.32 Å². The fraction of sp³-hybridized carbons (Fsp3) is 0.286. The number of alkyl halides is 3. The zero-order chi connectivity index (χ0) is 22.3. The summed E-state index contributed by atoms with van der Waals surface area (Å²) in [5.74, 6) is -0.932. The fourth-order valence-electron chi connectivity index (χ4n) is 3.61. The zero-order valence-electron chi connectivity index (χ0n) is 16.1. The summed E-state index contributed by atoms with van der Waals surface area (Å²) in [6.07, 6.45) is -5.91. The van der Waals surface area contributed by atoms with E-state index >= 15 is 0 Å². The Bertz CT molecular complexity index is 1080. The van der Waals surface area contributed by atoms with Crippen molar-refractivity contribution in [1.29, 1.82) is 0 Å². The number of hydrogen-bond acceptors (Lipinski definition) is 6. The van der Waals surface area contributed by atoms with Gasteiger partial charge in [-0.1, -0.05) is 6.07 Å². The van der Waals surface area contributed by atoms with E-state index in [4.69, 9.17) is 14.2 Å². The first kappa shape index (κ1) is 20.7. The van der Waals surface area contributed by atoms with Crippen LogP contribution in [0.1, 0.15) is 40.7 Å². The van der Waals surface area contributed by atoms with E-state index in [0.29, 0.717) is 17.7 Å². The van der Waals surface area contributed by atoms with Crippen molar-refractivity contribution in [3.63, 3.8) is 0 Å². The highest BCUT2D eigenvalue weighted by molar-refractivity contribution is 6.00. The number of ketones is 1. The van der Waals surface area contributed by atoms with Crippen LogP contribution < -0.4 is 14.8 Å². The number of benzene rings is 2. The minimum atomic E-state index is -4.59. The van der Waals surface area contributed by atoms with Gasteiger partial charge in [-0.25, -0.2) is 4.79 Å².